The summed E-state index contributed by atoms with van der Waals surface area (Å²) in [4.78, 5) is 21.0. The average Bonchev–Trinajstić information content (AvgIpc) is 2.61. The molecule has 1 aromatic heterocycles. The summed E-state index contributed by atoms with van der Waals surface area (Å²) in [5, 5.41) is 2.78. The van der Waals surface area contributed by atoms with Crippen molar-refractivity contribution in [3.05, 3.63) is 59.9 Å². The Balaban J connectivity index is 1.96. The zero-order valence-corrected chi connectivity index (χ0v) is 14.3. The molecular formula is C16H19N3O4S. The number of carbonyl (C=O) groups excluding carboxylic acids is 1. The van der Waals surface area contributed by atoms with Crippen LogP contribution in [0.2, 0.25) is 0 Å². The molecule has 0 aliphatic heterocycles. The van der Waals surface area contributed by atoms with Crippen molar-refractivity contribution in [2.24, 2.45) is 0 Å². The molecule has 1 aromatic carbocycles. The van der Waals surface area contributed by atoms with E-state index in [9.17, 15) is 13.2 Å². The summed E-state index contributed by atoms with van der Waals surface area (Å²) in [5.74, 6) is -0.269. The minimum absolute atomic E-state index is 0.0527. The Bertz CT molecular complexity index is 777. The molecule has 0 aliphatic carbocycles. The molecule has 8 heteroatoms. The van der Waals surface area contributed by atoms with E-state index in [4.69, 9.17) is 4.84 Å². The largest absolute Gasteiger partial charge is 0.352 e. The van der Waals surface area contributed by atoms with E-state index in [2.05, 4.69) is 10.3 Å². The molecular weight excluding hydrogens is 330 g/mol. The van der Waals surface area contributed by atoms with Crippen molar-refractivity contribution in [3.8, 4) is 0 Å². The quantitative estimate of drug-likeness (QED) is 0.760. The number of nitrogens with zero attached hydrogens (tertiary/aromatic N) is 2. The van der Waals surface area contributed by atoms with Gasteiger partial charge in [-0.1, -0.05) is 10.5 Å². The Labute approximate surface area is 141 Å². The van der Waals surface area contributed by atoms with Crippen LogP contribution in [0.3, 0.4) is 0 Å². The average molecular weight is 349 g/mol. The molecule has 128 valence electrons. The molecule has 7 nitrogen and oxygen atoms in total. The van der Waals surface area contributed by atoms with Gasteiger partial charge in [-0.05, 0) is 36.4 Å². The van der Waals surface area contributed by atoms with Gasteiger partial charge in [-0.3, -0.25) is 14.6 Å². The maximum Gasteiger partial charge on any atom is 0.264 e. The molecule has 1 heterocycles. The summed E-state index contributed by atoms with van der Waals surface area (Å²) in [5.41, 5.74) is 1.27. The highest BCUT2D eigenvalue weighted by atomic mass is 32.2. The maximum absolute atomic E-state index is 12.1. The summed E-state index contributed by atoms with van der Waals surface area (Å²) < 4.78 is 24.9. The van der Waals surface area contributed by atoms with Gasteiger partial charge in [-0.25, -0.2) is 8.42 Å². The normalized spacial score (nSPS) is 11.5. The summed E-state index contributed by atoms with van der Waals surface area (Å²) in [6.45, 7) is 0.447. The van der Waals surface area contributed by atoms with E-state index in [0.717, 1.165) is 10.2 Å². The molecule has 0 spiro atoms. The highest BCUT2D eigenvalue weighted by Crippen LogP contribution is 2.15. The Morgan fingerprint density at radius 1 is 1.21 bits per heavy atom. The molecule has 0 atom stereocenters. The Kier molecular flexibility index (Phi) is 6.02. The van der Waals surface area contributed by atoms with E-state index in [1.807, 2.05) is 18.2 Å². The molecule has 2 aromatic rings. The highest BCUT2D eigenvalue weighted by Gasteiger charge is 2.20. The lowest BCUT2D eigenvalue weighted by Crippen LogP contribution is -2.27. The first-order valence-corrected chi connectivity index (χ1v) is 8.70. The van der Waals surface area contributed by atoms with Crippen molar-refractivity contribution >= 4 is 15.9 Å². The SMILES string of the molecule is CON(C)S(=O)(=O)c1ccc(C(=O)NCCc2ccccn2)cc1. The predicted molar refractivity (Wildman–Crippen MR) is 88.7 cm³/mol. The summed E-state index contributed by atoms with van der Waals surface area (Å²) in [6.07, 6.45) is 2.32. The first-order chi connectivity index (χ1) is 11.4. The van der Waals surface area contributed by atoms with E-state index in [-0.39, 0.29) is 10.8 Å². The van der Waals surface area contributed by atoms with Gasteiger partial charge in [0, 0.05) is 37.5 Å². The third-order valence-corrected chi connectivity index (χ3v) is 5.10. The fraction of sp³-hybridized carbons (Fsp3) is 0.250. The zero-order valence-electron chi connectivity index (χ0n) is 13.5. The van der Waals surface area contributed by atoms with Crippen LogP contribution in [0, 0.1) is 0 Å². The molecule has 1 N–H and O–H groups in total. The van der Waals surface area contributed by atoms with Gasteiger partial charge in [-0.15, -0.1) is 0 Å². The molecule has 0 bridgehead atoms. The van der Waals surface area contributed by atoms with Gasteiger partial charge in [0.05, 0.1) is 12.0 Å². The number of nitrogens with one attached hydrogen (secondary N) is 1. The summed E-state index contributed by atoms with van der Waals surface area (Å²) >= 11 is 0. The van der Waals surface area contributed by atoms with E-state index in [0.29, 0.717) is 18.5 Å². The number of sulfonamides is 1. The fourth-order valence-electron chi connectivity index (χ4n) is 1.98. The second-order valence-electron chi connectivity index (χ2n) is 4.95. The van der Waals surface area contributed by atoms with Gasteiger partial charge in [-0.2, -0.15) is 0 Å². The summed E-state index contributed by atoms with van der Waals surface area (Å²) in [7, 11) is -1.15. The van der Waals surface area contributed by atoms with E-state index in [1.165, 1.54) is 38.4 Å². The number of carbonyl (C=O) groups is 1. The number of amides is 1. The minimum Gasteiger partial charge on any atom is -0.352 e. The van der Waals surface area contributed by atoms with Crippen LogP contribution in [0.1, 0.15) is 16.1 Å². The molecule has 0 aliphatic rings. The number of hydroxylamine groups is 1. The van der Waals surface area contributed by atoms with Crippen molar-refractivity contribution < 1.29 is 18.0 Å². The summed E-state index contributed by atoms with van der Waals surface area (Å²) in [6, 6.07) is 11.3. The van der Waals surface area contributed by atoms with Crippen LogP contribution in [0.4, 0.5) is 0 Å². The minimum atomic E-state index is -3.71. The van der Waals surface area contributed by atoms with Crippen LogP contribution in [0.25, 0.3) is 0 Å². The zero-order chi connectivity index (χ0) is 17.6. The predicted octanol–water partition coefficient (Wildman–Crippen LogP) is 1.24. The number of hydrogen-bond donors (Lipinski definition) is 1. The highest BCUT2D eigenvalue weighted by molar-refractivity contribution is 7.89. The molecule has 2 rings (SSSR count). The van der Waals surface area contributed by atoms with Crippen molar-refractivity contribution in [2.45, 2.75) is 11.3 Å². The van der Waals surface area contributed by atoms with Crippen LogP contribution in [-0.2, 0) is 21.3 Å². The van der Waals surface area contributed by atoms with E-state index >= 15 is 0 Å². The van der Waals surface area contributed by atoms with Crippen molar-refractivity contribution in [2.75, 3.05) is 20.7 Å². The van der Waals surface area contributed by atoms with Gasteiger partial charge in [0.1, 0.15) is 0 Å². The van der Waals surface area contributed by atoms with Crippen LogP contribution >= 0.6 is 0 Å². The monoisotopic (exact) mass is 349 g/mol. The van der Waals surface area contributed by atoms with Crippen molar-refractivity contribution in [3.63, 3.8) is 0 Å². The standard InChI is InChI=1S/C16H19N3O4S/c1-19(23-2)24(21,22)15-8-6-13(7-9-15)16(20)18-12-10-14-5-3-4-11-17-14/h3-9,11H,10,12H2,1-2H3,(H,18,20). The molecule has 24 heavy (non-hydrogen) atoms. The molecule has 0 radical (unpaired) electrons. The topological polar surface area (TPSA) is 88.6 Å². The fourth-order valence-corrected chi connectivity index (χ4v) is 2.95. The van der Waals surface area contributed by atoms with Crippen LogP contribution in [0.5, 0.6) is 0 Å². The lowest BCUT2D eigenvalue weighted by Gasteiger charge is -2.14. The lowest BCUT2D eigenvalue weighted by atomic mass is 10.2. The van der Waals surface area contributed by atoms with Gasteiger partial charge in [0.2, 0.25) is 0 Å². The number of benzene rings is 1. The van der Waals surface area contributed by atoms with E-state index in [1.54, 1.807) is 6.20 Å². The van der Waals surface area contributed by atoms with Crippen LogP contribution < -0.4 is 5.32 Å². The first-order valence-electron chi connectivity index (χ1n) is 7.26. The number of hydrogen-bond acceptors (Lipinski definition) is 5. The van der Waals surface area contributed by atoms with Crippen LogP contribution in [-0.4, -0.2) is 44.5 Å². The van der Waals surface area contributed by atoms with Gasteiger partial charge < -0.3 is 5.32 Å². The van der Waals surface area contributed by atoms with Gasteiger partial charge in [0.25, 0.3) is 15.9 Å². The third kappa shape index (κ3) is 4.38. The second-order valence-corrected chi connectivity index (χ2v) is 6.88. The third-order valence-electron chi connectivity index (χ3n) is 3.40. The Morgan fingerprint density at radius 3 is 2.50 bits per heavy atom. The first kappa shape index (κ1) is 18.1. The van der Waals surface area contributed by atoms with Gasteiger partial charge in [0.15, 0.2) is 0 Å². The van der Waals surface area contributed by atoms with Crippen LogP contribution in [0.15, 0.2) is 53.6 Å². The molecule has 0 saturated heterocycles. The number of rotatable bonds is 7. The van der Waals surface area contributed by atoms with Gasteiger partial charge >= 0.3 is 0 Å². The Morgan fingerprint density at radius 2 is 1.92 bits per heavy atom. The molecule has 0 unspecified atom stereocenters. The van der Waals surface area contributed by atoms with E-state index < -0.39 is 10.0 Å². The maximum atomic E-state index is 12.1. The Hall–Kier alpha value is -2.29. The smallest absolute Gasteiger partial charge is 0.264 e. The van der Waals surface area contributed by atoms with Crippen molar-refractivity contribution in [1.82, 2.24) is 14.8 Å². The molecule has 0 saturated carbocycles. The second kappa shape index (κ2) is 8.00. The number of pyridine rings is 1. The lowest BCUT2D eigenvalue weighted by molar-refractivity contribution is -0.0258. The molecule has 1 amide bonds. The molecule has 0 fully saturated rings. The number of aromatic nitrogens is 1. The van der Waals surface area contributed by atoms with Crippen molar-refractivity contribution in [1.29, 1.82) is 0 Å².